The van der Waals surface area contributed by atoms with Crippen LogP contribution in [0.15, 0.2) is 30.9 Å². The molecule has 0 aliphatic rings. The average molecular weight is 209 g/mol. The molecule has 4 nitrogen and oxygen atoms in total. The van der Waals surface area contributed by atoms with Gasteiger partial charge in [0.1, 0.15) is 12.7 Å². The highest BCUT2D eigenvalue weighted by Crippen LogP contribution is 2.22. The standard InChI is InChI=1S/C9H9ClN4/c10-8-2-1-3-9(7(8)4-11)14-5-12-13-6-14/h1-3,5-6H,4,11H2. The molecule has 0 amide bonds. The smallest absolute Gasteiger partial charge is 0.123 e. The van der Waals surface area contributed by atoms with Gasteiger partial charge in [0.2, 0.25) is 0 Å². The lowest BCUT2D eigenvalue weighted by Gasteiger charge is -2.08. The van der Waals surface area contributed by atoms with Crippen molar-refractivity contribution in [3.63, 3.8) is 0 Å². The first kappa shape index (κ1) is 9.18. The third-order valence-corrected chi connectivity index (χ3v) is 2.35. The van der Waals surface area contributed by atoms with Crippen LogP contribution in [0, 0.1) is 0 Å². The number of halogens is 1. The molecule has 0 fully saturated rings. The van der Waals surface area contributed by atoms with Gasteiger partial charge >= 0.3 is 0 Å². The van der Waals surface area contributed by atoms with Gasteiger partial charge in [-0.15, -0.1) is 10.2 Å². The van der Waals surface area contributed by atoms with Gasteiger partial charge in [-0.3, -0.25) is 4.57 Å². The molecule has 2 rings (SSSR count). The molecule has 0 aliphatic carbocycles. The lowest BCUT2D eigenvalue weighted by Crippen LogP contribution is -2.03. The Bertz CT molecular complexity index is 424. The molecule has 0 saturated carbocycles. The van der Waals surface area contributed by atoms with Crippen LogP contribution >= 0.6 is 11.6 Å². The number of aromatic nitrogens is 3. The van der Waals surface area contributed by atoms with Crippen LogP contribution in [0.4, 0.5) is 0 Å². The van der Waals surface area contributed by atoms with Crippen molar-refractivity contribution in [3.8, 4) is 5.69 Å². The Morgan fingerprint density at radius 3 is 2.64 bits per heavy atom. The number of rotatable bonds is 2. The molecular weight excluding hydrogens is 200 g/mol. The van der Waals surface area contributed by atoms with Gasteiger partial charge in [-0.1, -0.05) is 17.7 Å². The van der Waals surface area contributed by atoms with Crippen molar-refractivity contribution in [3.05, 3.63) is 41.4 Å². The zero-order valence-electron chi connectivity index (χ0n) is 7.39. The van der Waals surface area contributed by atoms with Crippen LogP contribution in [0.25, 0.3) is 5.69 Å². The summed E-state index contributed by atoms with van der Waals surface area (Å²) in [6.45, 7) is 0.396. The highest BCUT2D eigenvalue weighted by molar-refractivity contribution is 6.31. The highest BCUT2D eigenvalue weighted by Gasteiger charge is 2.06. The van der Waals surface area contributed by atoms with Crippen molar-refractivity contribution in [1.29, 1.82) is 0 Å². The van der Waals surface area contributed by atoms with Gasteiger partial charge in [0.05, 0.1) is 5.69 Å². The molecule has 0 atom stereocenters. The molecule has 2 aromatic rings. The fraction of sp³-hybridized carbons (Fsp3) is 0.111. The van der Waals surface area contributed by atoms with Crippen molar-refractivity contribution >= 4 is 11.6 Å². The molecule has 0 aliphatic heterocycles. The van der Waals surface area contributed by atoms with E-state index in [-0.39, 0.29) is 0 Å². The molecule has 0 radical (unpaired) electrons. The van der Waals surface area contributed by atoms with E-state index in [1.165, 1.54) is 0 Å². The molecule has 72 valence electrons. The van der Waals surface area contributed by atoms with Crippen molar-refractivity contribution in [2.45, 2.75) is 6.54 Å². The Labute approximate surface area is 86.3 Å². The van der Waals surface area contributed by atoms with Crippen LogP contribution in [-0.4, -0.2) is 14.8 Å². The molecule has 5 heteroatoms. The molecule has 0 bridgehead atoms. The monoisotopic (exact) mass is 208 g/mol. The molecule has 2 N–H and O–H groups in total. The fourth-order valence-corrected chi connectivity index (χ4v) is 1.56. The first-order valence-electron chi connectivity index (χ1n) is 4.15. The largest absolute Gasteiger partial charge is 0.326 e. The molecule has 0 saturated heterocycles. The summed E-state index contributed by atoms with van der Waals surface area (Å²) in [5, 5.41) is 8.13. The highest BCUT2D eigenvalue weighted by atomic mass is 35.5. The topological polar surface area (TPSA) is 56.7 Å². The maximum absolute atomic E-state index is 6.01. The van der Waals surface area contributed by atoms with Gasteiger partial charge in [-0.05, 0) is 12.1 Å². The van der Waals surface area contributed by atoms with E-state index in [1.54, 1.807) is 17.2 Å². The third kappa shape index (κ3) is 1.49. The lowest BCUT2D eigenvalue weighted by atomic mass is 10.2. The van der Waals surface area contributed by atoms with E-state index in [2.05, 4.69) is 10.2 Å². The number of benzene rings is 1. The van der Waals surface area contributed by atoms with Gasteiger partial charge in [0.25, 0.3) is 0 Å². The molecular formula is C9H9ClN4. The van der Waals surface area contributed by atoms with Crippen LogP contribution < -0.4 is 5.73 Å². The zero-order valence-corrected chi connectivity index (χ0v) is 8.15. The quantitative estimate of drug-likeness (QED) is 0.811. The Hall–Kier alpha value is -1.39. The minimum atomic E-state index is 0.396. The van der Waals surface area contributed by atoms with Crippen LogP contribution in [0.3, 0.4) is 0 Å². The molecule has 1 aromatic heterocycles. The lowest BCUT2D eigenvalue weighted by molar-refractivity contribution is 0.981. The average Bonchev–Trinajstić information content (AvgIpc) is 2.70. The second kappa shape index (κ2) is 3.77. The van der Waals surface area contributed by atoms with Crippen molar-refractivity contribution in [2.24, 2.45) is 5.73 Å². The van der Waals surface area contributed by atoms with Crippen LogP contribution in [0.5, 0.6) is 0 Å². The van der Waals surface area contributed by atoms with Crippen LogP contribution in [0.2, 0.25) is 5.02 Å². The minimum Gasteiger partial charge on any atom is -0.326 e. The Balaban J connectivity index is 2.58. The summed E-state index contributed by atoms with van der Waals surface area (Å²) >= 11 is 6.01. The third-order valence-electron chi connectivity index (χ3n) is 2.00. The summed E-state index contributed by atoms with van der Waals surface area (Å²) in [7, 11) is 0. The summed E-state index contributed by atoms with van der Waals surface area (Å²) in [5.74, 6) is 0. The minimum absolute atomic E-state index is 0.396. The van der Waals surface area contributed by atoms with Crippen molar-refractivity contribution in [1.82, 2.24) is 14.8 Å². The maximum atomic E-state index is 6.01. The summed E-state index contributed by atoms with van der Waals surface area (Å²) in [6, 6.07) is 5.62. The normalized spacial score (nSPS) is 10.4. The van der Waals surface area contributed by atoms with Gasteiger partial charge in [0.15, 0.2) is 0 Å². The van der Waals surface area contributed by atoms with Gasteiger partial charge in [-0.2, -0.15) is 0 Å². The van der Waals surface area contributed by atoms with E-state index in [0.29, 0.717) is 11.6 Å². The number of nitrogens with zero attached hydrogens (tertiary/aromatic N) is 3. The molecule has 0 spiro atoms. The predicted molar refractivity (Wildman–Crippen MR) is 54.3 cm³/mol. The van der Waals surface area contributed by atoms with Crippen molar-refractivity contribution < 1.29 is 0 Å². The van der Waals surface area contributed by atoms with Crippen LogP contribution in [0.1, 0.15) is 5.56 Å². The first-order valence-corrected chi connectivity index (χ1v) is 4.53. The molecule has 0 unspecified atom stereocenters. The van der Waals surface area contributed by atoms with E-state index in [9.17, 15) is 0 Å². The summed E-state index contributed by atoms with van der Waals surface area (Å²) in [5.41, 5.74) is 7.44. The van der Waals surface area contributed by atoms with Gasteiger partial charge in [0, 0.05) is 17.1 Å². The summed E-state index contributed by atoms with van der Waals surface area (Å²) in [4.78, 5) is 0. The van der Waals surface area contributed by atoms with Crippen molar-refractivity contribution in [2.75, 3.05) is 0 Å². The Morgan fingerprint density at radius 1 is 1.29 bits per heavy atom. The molecule has 1 aromatic carbocycles. The fourth-order valence-electron chi connectivity index (χ4n) is 1.32. The van der Waals surface area contributed by atoms with E-state index in [1.807, 2.05) is 18.2 Å². The van der Waals surface area contributed by atoms with E-state index >= 15 is 0 Å². The zero-order chi connectivity index (χ0) is 9.97. The molecule has 14 heavy (non-hydrogen) atoms. The van der Waals surface area contributed by atoms with Crippen LogP contribution in [-0.2, 0) is 6.54 Å². The van der Waals surface area contributed by atoms with E-state index in [0.717, 1.165) is 11.3 Å². The second-order valence-corrected chi connectivity index (χ2v) is 3.22. The second-order valence-electron chi connectivity index (χ2n) is 2.81. The summed E-state index contributed by atoms with van der Waals surface area (Å²) in [6.07, 6.45) is 3.23. The Kier molecular flexibility index (Phi) is 2.47. The molecule has 1 heterocycles. The van der Waals surface area contributed by atoms with E-state index in [4.69, 9.17) is 17.3 Å². The van der Waals surface area contributed by atoms with E-state index < -0.39 is 0 Å². The first-order chi connectivity index (χ1) is 6.83. The summed E-state index contributed by atoms with van der Waals surface area (Å²) < 4.78 is 1.79. The number of hydrogen-bond donors (Lipinski definition) is 1. The number of hydrogen-bond acceptors (Lipinski definition) is 3. The predicted octanol–water partition coefficient (Wildman–Crippen LogP) is 1.38. The van der Waals surface area contributed by atoms with Gasteiger partial charge < -0.3 is 5.73 Å². The maximum Gasteiger partial charge on any atom is 0.123 e. The SMILES string of the molecule is NCc1c(Cl)cccc1-n1cnnc1. The Morgan fingerprint density at radius 2 is 2.00 bits per heavy atom. The van der Waals surface area contributed by atoms with Gasteiger partial charge in [-0.25, -0.2) is 0 Å². The number of nitrogens with two attached hydrogens (primary N) is 1.